The standard InChI is InChI=1S/C30H27F2N3O6/c31-20-11-21-26(34-30(33-21)41-23-14-40-27-22(37)13-39-28(23)27)25(32)24(20)17-5-1-15(2-6-17)16-3-7-18(8-4-16)29(38)35-10-9-19(36)12-35/h1-8,11,19,22-23,27-28,36-37H,9-10,12-14H2,(H,33,34)/t19-,22?,23+,27?,28?/m1/s1. The van der Waals surface area contributed by atoms with Gasteiger partial charge in [-0.3, -0.25) is 4.79 Å². The number of hydrogen-bond donors (Lipinski definition) is 3. The molecule has 0 aliphatic carbocycles. The number of rotatable bonds is 5. The summed E-state index contributed by atoms with van der Waals surface area (Å²) in [6, 6.07) is 15.1. The number of nitrogens with one attached hydrogen (secondary N) is 1. The molecule has 3 saturated heterocycles. The Morgan fingerprint density at radius 3 is 2.37 bits per heavy atom. The number of nitrogens with zero attached hydrogens (tertiary/aromatic N) is 2. The number of H-pyrrole nitrogens is 1. The first-order chi connectivity index (χ1) is 19.9. The molecule has 0 bridgehead atoms. The molecule has 3 unspecified atom stereocenters. The van der Waals surface area contributed by atoms with E-state index in [0.29, 0.717) is 30.6 Å². The van der Waals surface area contributed by atoms with Crippen LogP contribution in [0.5, 0.6) is 6.01 Å². The number of halogens is 2. The lowest BCUT2D eigenvalue weighted by Crippen LogP contribution is -2.34. The summed E-state index contributed by atoms with van der Waals surface area (Å²) in [7, 11) is 0. The highest BCUT2D eigenvalue weighted by Crippen LogP contribution is 2.35. The molecule has 3 aliphatic heterocycles. The lowest BCUT2D eigenvalue weighted by Gasteiger charge is -2.15. The van der Waals surface area contributed by atoms with Crippen LogP contribution in [0.2, 0.25) is 0 Å². The molecule has 4 heterocycles. The van der Waals surface area contributed by atoms with Crippen LogP contribution in [-0.2, 0) is 9.47 Å². The van der Waals surface area contributed by atoms with Gasteiger partial charge in [0.25, 0.3) is 11.9 Å². The van der Waals surface area contributed by atoms with E-state index in [-0.39, 0.29) is 41.7 Å². The van der Waals surface area contributed by atoms with Gasteiger partial charge >= 0.3 is 0 Å². The number of hydrogen-bond acceptors (Lipinski definition) is 7. The van der Waals surface area contributed by atoms with Crippen molar-refractivity contribution in [2.24, 2.45) is 0 Å². The number of β-amino-alcohol motifs (C(OH)–C–C–N with tert-alkyl or cyclic N) is 1. The van der Waals surface area contributed by atoms with Gasteiger partial charge in [-0.25, -0.2) is 8.78 Å². The average molecular weight is 564 g/mol. The van der Waals surface area contributed by atoms with Crippen LogP contribution >= 0.6 is 0 Å². The van der Waals surface area contributed by atoms with Crippen LogP contribution < -0.4 is 4.74 Å². The first kappa shape index (κ1) is 26.0. The number of aromatic amines is 1. The maximum Gasteiger partial charge on any atom is 0.295 e. The summed E-state index contributed by atoms with van der Waals surface area (Å²) < 4.78 is 47.7. The molecule has 0 spiro atoms. The predicted molar refractivity (Wildman–Crippen MR) is 143 cm³/mol. The minimum atomic E-state index is -0.818. The Labute approximate surface area is 233 Å². The molecule has 41 heavy (non-hydrogen) atoms. The maximum atomic E-state index is 15.6. The van der Waals surface area contributed by atoms with E-state index in [2.05, 4.69) is 9.97 Å². The van der Waals surface area contributed by atoms with Gasteiger partial charge in [0.2, 0.25) is 0 Å². The molecule has 1 amide bonds. The number of amides is 1. The molecule has 1 aromatic heterocycles. The van der Waals surface area contributed by atoms with Gasteiger partial charge in [0, 0.05) is 24.7 Å². The average Bonchev–Trinajstić information content (AvgIpc) is 3.76. The van der Waals surface area contributed by atoms with Crippen LogP contribution in [0, 0.1) is 11.6 Å². The molecule has 11 heteroatoms. The van der Waals surface area contributed by atoms with Gasteiger partial charge in [-0.15, -0.1) is 0 Å². The number of fused-ring (bicyclic) bond motifs is 2. The fraction of sp³-hybridized carbons (Fsp3) is 0.333. The fourth-order valence-electron chi connectivity index (χ4n) is 5.81. The summed E-state index contributed by atoms with van der Waals surface area (Å²) >= 11 is 0. The number of likely N-dealkylation sites (tertiary alicyclic amines) is 1. The normalized spacial score (nSPS) is 25.7. The molecule has 0 saturated carbocycles. The summed E-state index contributed by atoms with van der Waals surface area (Å²) in [6.07, 6.45) is -2.13. The molecular weight excluding hydrogens is 536 g/mol. The lowest BCUT2D eigenvalue weighted by molar-refractivity contribution is 0.00706. The van der Waals surface area contributed by atoms with Crippen molar-refractivity contribution < 1.29 is 38.0 Å². The second-order valence-electron chi connectivity index (χ2n) is 10.7. The Hall–Kier alpha value is -3.90. The highest BCUT2D eigenvalue weighted by Gasteiger charge is 2.48. The smallest absolute Gasteiger partial charge is 0.295 e. The number of carbonyl (C=O) groups is 1. The number of aliphatic hydroxyl groups excluding tert-OH is 2. The molecule has 3 aromatic carbocycles. The van der Waals surface area contributed by atoms with Crippen molar-refractivity contribution in [2.75, 3.05) is 26.3 Å². The highest BCUT2D eigenvalue weighted by atomic mass is 19.1. The highest BCUT2D eigenvalue weighted by molar-refractivity contribution is 5.95. The van der Waals surface area contributed by atoms with Gasteiger partial charge in [0.05, 0.1) is 30.4 Å². The van der Waals surface area contributed by atoms with Crippen molar-refractivity contribution in [2.45, 2.75) is 36.9 Å². The van der Waals surface area contributed by atoms with Crippen molar-refractivity contribution in [1.82, 2.24) is 14.9 Å². The second-order valence-corrected chi connectivity index (χ2v) is 10.7. The second kappa shape index (κ2) is 10.2. The first-order valence-electron chi connectivity index (χ1n) is 13.5. The van der Waals surface area contributed by atoms with E-state index in [0.717, 1.165) is 11.1 Å². The summed E-state index contributed by atoms with van der Waals surface area (Å²) in [5, 5.41) is 19.6. The molecule has 9 nitrogen and oxygen atoms in total. The zero-order valence-electron chi connectivity index (χ0n) is 21.8. The topological polar surface area (TPSA) is 117 Å². The summed E-state index contributed by atoms with van der Waals surface area (Å²) in [5.74, 6) is -1.69. The molecule has 0 radical (unpaired) electrons. The molecule has 3 aliphatic rings. The SMILES string of the molecule is O=C(c1ccc(-c2ccc(-c3c(F)cc4[nH]c(O[C@H]5COC6C(O)COC65)nc4c3F)cc2)cc1)N1CC[C@@H](O)C1. The number of aliphatic hydroxyl groups is 2. The monoisotopic (exact) mass is 563 g/mol. The van der Waals surface area contributed by atoms with Crippen LogP contribution in [0.4, 0.5) is 8.78 Å². The summed E-state index contributed by atoms with van der Waals surface area (Å²) in [4.78, 5) is 21.3. The van der Waals surface area contributed by atoms with Crippen molar-refractivity contribution in [3.63, 3.8) is 0 Å². The molecule has 3 N–H and O–H groups in total. The van der Waals surface area contributed by atoms with Crippen molar-refractivity contribution in [3.8, 4) is 28.3 Å². The zero-order valence-corrected chi connectivity index (χ0v) is 21.8. The largest absolute Gasteiger partial charge is 0.456 e. The third-order valence-corrected chi connectivity index (χ3v) is 7.98. The van der Waals surface area contributed by atoms with Gasteiger partial charge in [-0.05, 0) is 35.2 Å². The van der Waals surface area contributed by atoms with Gasteiger partial charge in [0.15, 0.2) is 11.9 Å². The van der Waals surface area contributed by atoms with E-state index >= 15 is 8.78 Å². The molecular formula is C30H27F2N3O6. The van der Waals surface area contributed by atoms with E-state index < -0.39 is 42.2 Å². The minimum absolute atomic E-state index is 0.00729. The van der Waals surface area contributed by atoms with Crippen LogP contribution in [0.25, 0.3) is 33.3 Å². The van der Waals surface area contributed by atoms with E-state index in [1.165, 1.54) is 6.07 Å². The zero-order chi connectivity index (χ0) is 28.2. The van der Waals surface area contributed by atoms with Crippen molar-refractivity contribution >= 4 is 16.9 Å². The molecule has 5 atom stereocenters. The number of ether oxygens (including phenoxy) is 3. The van der Waals surface area contributed by atoms with Gasteiger partial charge in [0.1, 0.15) is 29.6 Å². The van der Waals surface area contributed by atoms with Crippen molar-refractivity contribution in [1.29, 1.82) is 0 Å². The Balaban J connectivity index is 1.10. The fourth-order valence-corrected chi connectivity index (χ4v) is 5.81. The molecule has 7 rings (SSSR count). The molecule has 4 aromatic rings. The first-order valence-corrected chi connectivity index (χ1v) is 13.5. The Morgan fingerprint density at radius 2 is 1.66 bits per heavy atom. The van der Waals surface area contributed by atoms with Gasteiger partial charge < -0.3 is 34.3 Å². The molecule has 212 valence electrons. The number of carbonyl (C=O) groups excluding carboxylic acids is 1. The van der Waals surface area contributed by atoms with Crippen LogP contribution in [-0.4, -0.2) is 87.8 Å². The van der Waals surface area contributed by atoms with Gasteiger partial charge in [-0.1, -0.05) is 36.4 Å². The Bertz CT molecular complexity index is 1610. The predicted octanol–water partition coefficient (Wildman–Crippen LogP) is 3.29. The minimum Gasteiger partial charge on any atom is -0.456 e. The van der Waals surface area contributed by atoms with Crippen LogP contribution in [0.3, 0.4) is 0 Å². The third kappa shape index (κ3) is 4.64. The number of imidazole rings is 1. The quantitative estimate of drug-likeness (QED) is 0.341. The van der Waals surface area contributed by atoms with E-state index in [9.17, 15) is 15.0 Å². The van der Waals surface area contributed by atoms with Crippen molar-refractivity contribution in [3.05, 3.63) is 71.8 Å². The van der Waals surface area contributed by atoms with Crippen LogP contribution in [0.1, 0.15) is 16.8 Å². The van der Waals surface area contributed by atoms with Gasteiger partial charge in [-0.2, -0.15) is 4.98 Å². The number of benzene rings is 3. The molecule has 3 fully saturated rings. The maximum absolute atomic E-state index is 15.6. The van der Waals surface area contributed by atoms with E-state index in [1.54, 1.807) is 41.3 Å². The summed E-state index contributed by atoms with van der Waals surface area (Å²) in [5.41, 5.74) is 2.42. The van der Waals surface area contributed by atoms with E-state index in [4.69, 9.17) is 14.2 Å². The summed E-state index contributed by atoms with van der Waals surface area (Å²) in [6.45, 7) is 1.20. The lowest BCUT2D eigenvalue weighted by atomic mass is 9.98. The van der Waals surface area contributed by atoms with E-state index in [1.807, 2.05) is 12.1 Å². The Morgan fingerprint density at radius 1 is 0.976 bits per heavy atom. The number of aromatic nitrogens is 2. The van der Waals surface area contributed by atoms with Crippen LogP contribution in [0.15, 0.2) is 54.6 Å². The third-order valence-electron chi connectivity index (χ3n) is 7.98. The Kier molecular flexibility index (Phi) is 6.46.